The molecule has 126 valence electrons. The summed E-state index contributed by atoms with van der Waals surface area (Å²) in [6, 6.07) is 14.1. The van der Waals surface area contributed by atoms with Crippen LogP contribution in [0, 0.1) is 0 Å². The molecule has 0 heterocycles. The molecule has 3 heteroatoms. The zero-order valence-corrected chi connectivity index (χ0v) is 14.5. The predicted molar refractivity (Wildman–Crippen MR) is 97.6 cm³/mol. The van der Waals surface area contributed by atoms with Crippen molar-refractivity contribution in [1.29, 1.82) is 0 Å². The molecule has 0 fully saturated rings. The Balaban J connectivity index is 1.66. The molecule has 1 aliphatic rings. The molecule has 0 aromatic heterocycles. The summed E-state index contributed by atoms with van der Waals surface area (Å²) in [4.78, 5) is 12.4. The fourth-order valence-corrected chi connectivity index (χ4v) is 3.23. The van der Waals surface area contributed by atoms with Gasteiger partial charge < -0.3 is 10.1 Å². The Kier molecular flexibility index (Phi) is 5.19. The Hall–Kier alpha value is -2.29. The second-order valence-electron chi connectivity index (χ2n) is 6.40. The highest BCUT2D eigenvalue weighted by Crippen LogP contribution is 2.26. The van der Waals surface area contributed by atoms with E-state index in [0.717, 1.165) is 36.3 Å². The van der Waals surface area contributed by atoms with Crippen molar-refractivity contribution in [2.75, 3.05) is 5.32 Å². The lowest BCUT2D eigenvalue weighted by molar-refractivity contribution is -0.122. The van der Waals surface area contributed by atoms with Gasteiger partial charge in [-0.3, -0.25) is 4.79 Å². The largest absolute Gasteiger partial charge is 0.481 e. The van der Waals surface area contributed by atoms with Crippen molar-refractivity contribution in [2.45, 2.75) is 52.1 Å². The molecule has 0 radical (unpaired) electrons. The van der Waals surface area contributed by atoms with Crippen molar-refractivity contribution >= 4 is 11.6 Å². The van der Waals surface area contributed by atoms with Gasteiger partial charge >= 0.3 is 0 Å². The van der Waals surface area contributed by atoms with Crippen LogP contribution in [0.3, 0.4) is 0 Å². The molecule has 1 amide bonds. The molecular formula is C21H25NO2. The van der Waals surface area contributed by atoms with Crippen LogP contribution < -0.4 is 10.1 Å². The average Bonchev–Trinajstić information content (AvgIpc) is 2.62. The summed E-state index contributed by atoms with van der Waals surface area (Å²) in [6.45, 7) is 3.88. The minimum atomic E-state index is -0.531. The Bertz CT molecular complexity index is 724. The smallest absolute Gasteiger partial charge is 0.265 e. The Morgan fingerprint density at radius 2 is 1.88 bits per heavy atom. The van der Waals surface area contributed by atoms with Crippen molar-refractivity contribution in [3.05, 3.63) is 59.2 Å². The van der Waals surface area contributed by atoms with Gasteiger partial charge in [-0.25, -0.2) is 0 Å². The maximum atomic E-state index is 12.4. The molecule has 0 saturated heterocycles. The van der Waals surface area contributed by atoms with Crippen molar-refractivity contribution in [2.24, 2.45) is 0 Å². The van der Waals surface area contributed by atoms with Gasteiger partial charge in [0.2, 0.25) is 0 Å². The van der Waals surface area contributed by atoms with E-state index in [1.807, 2.05) is 30.3 Å². The van der Waals surface area contributed by atoms with Gasteiger partial charge in [0, 0.05) is 5.69 Å². The predicted octanol–water partition coefficient (Wildman–Crippen LogP) is 4.53. The van der Waals surface area contributed by atoms with Crippen molar-refractivity contribution < 1.29 is 9.53 Å². The van der Waals surface area contributed by atoms with Crippen molar-refractivity contribution in [1.82, 2.24) is 0 Å². The third-order valence-corrected chi connectivity index (χ3v) is 4.66. The van der Waals surface area contributed by atoms with Crippen molar-refractivity contribution in [3.8, 4) is 5.75 Å². The third kappa shape index (κ3) is 3.78. The number of ether oxygens (including phenoxy) is 1. The number of benzene rings is 2. The number of hydrogen-bond acceptors (Lipinski definition) is 2. The van der Waals surface area contributed by atoms with Crippen LogP contribution in [-0.2, 0) is 24.1 Å². The highest BCUT2D eigenvalue weighted by molar-refractivity contribution is 5.94. The molecular weight excluding hydrogens is 298 g/mol. The number of nitrogens with one attached hydrogen (secondary N) is 1. The first-order valence-corrected chi connectivity index (χ1v) is 8.84. The standard InChI is InChI=1S/C21H25NO2/c1-3-16-8-6-7-11-20(16)22-21(23)15(2)24-19-13-12-17-9-4-5-10-18(17)14-19/h6-8,11-15H,3-5,9-10H2,1-2H3,(H,22,23)/t15-/m0/s1. The first kappa shape index (κ1) is 16.6. The van der Waals surface area contributed by atoms with Gasteiger partial charge in [-0.15, -0.1) is 0 Å². The van der Waals surface area contributed by atoms with Crippen LogP contribution in [0.25, 0.3) is 0 Å². The van der Waals surface area contributed by atoms with E-state index in [2.05, 4.69) is 24.4 Å². The highest BCUT2D eigenvalue weighted by Gasteiger charge is 2.17. The van der Waals surface area contributed by atoms with E-state index in [1.165, 1.54) is 24.0 Å². The number of aryl methyl sites for hydroxylation is 3. The molecule has 3 rings (SSSR count). The van der Waals surface area contributed by atoms with E-state index >= 15 is 0 Å². The topological polar surface area (TPSA) is 38.3 Å². The summed E-state index contributed by atoms with van der Waals surface area (Å²) < 4.78 is 5.88. The van der Waals surface area contributed by atoms with Gasteiger partial charge in [0.05, 0.1) is 0 Å². The molecule has 0 saturated carbocycles. The van der Waals surface area contributed by atoms with Crippen LogP contribution in [0.2, 0.25) is 0 Å². The molecule has 0 bridgehead atoms. The average molecular weight is 323 g/mol. The maximum absolute atomic E-state index is 12.4. The van der Waals surface area contributed by atoms with Crippen LogP contribution in [0.4, 0.5) is 5.69 Å². The van der Waals surface area contributed by atoms with Crippen LogP contribution in [-0.4, -0.2) is 12.0 Å². The number of fused-ring (bicyclic) bond motifs is 1. The third-order valence-electron chi connectivity index (χ3n) is 4.66. The van der Waals surface area contributed by atoms with Gasteiger partial charge in [0.1, 0.15) is 5.75 Å². The van der Waals surface area contributed by atoms with Crippen LogP contribution >= 0.6 is 0 Å². The maximum Gasteiger partial charge on any atom is 0.265 e. The van der Waals surface area contributed by atoms with E-state index in [1.54, 1.807) is 6.92 Å². The van der Waals surface area contributed by atoms with Crippen LogP contribution in [0.15, 0.2) is 42.5 Å². The molecule has 3 nitrogen and oxygen atoms in total. The molecule has 24 heavy (non-hydrogen) atoms. The van der Waals surface area contributed by atoms with Crippen molar-refractivity contribution in [3.63, 3.8) is 0 Å². The quantitative estimate of drug-likeness (QED) is 0.877. The number of rotatable bonds is 5. The summed E-state index contributed by atoms with van der Waals surface area (Å²) in [7, 11) is 0. The monoisotopic (exact) mass is 323 g/mol. The molecule has 0 unspecified atom stereocenters. The molecule has 2 aromatic carbocycles. The summed E-state index contributed by atoms with van der Waals surface area (Å²) >= 11 is 0. The van der Waals surface area contributed by atoms with Crippen LogP contribution in [0.5, 0.6) is 5.75 Å². The van der Waals surface area contributed by atoms with E-state index in [9.17, 15) is 4.79 Å². The second kappa shape index (κ2) is 7.52. The van der Waals surface area contributed by atoms with E-state index in [4.69, 9.17) is 4.74 Å². The number of anilines is 1. The number of para-hydroxylation sites is 1. The van der Waals surface area contributed by atoms with Gasteiger partial charge in [0.15, 0.2) is 6.10 Å². The Labute approximate surface area is 144 Å². The SMILES string of the molecule is CCc1ccccc1NC(=O)[C@H](C)Oc1ccc2c(c1)CCCC2. The number of carbonyl (C=O) groups excluding carboxylic acids is 1. The fraction of sp³-hybridized carbons (Fsp3) is 0.381. The summed E-state index contributed by atoms with van der Waals surface area (Å²) in [5, 5.41) is 2.98. The molecule has 1 aliphatic carbocycles. The number of carbonyl (C=O) groups is 1. The summed E-state index contributed by atoms with van der Waals surface area (Å²) in [5.74, 6) is 0.663. The van der Waals surface area contributed by atoms with Gasteiger partial charge in [-0.05, 0) is 73.9 Å². The van der Waals surface area contributed by atoms with Gasteiger partial charge in [0.25, 0.3) is 5.91 Å². The Morgan fingerprint density at radius 1 is 1.12 bits per heavy atom. The van der Waals surface area contributed by atoms with Gasteiger partial charge in [-0.1, -0.05) is 31.2 Å². The summed E-state index contributed by atoms with van der Waals surface area (Å²) in [6.07, 6.45) is 5.12. The number of hydrogen-bond donors (Lipinski definition) is 1. The normalized spacial score (nSPS) is 14.6. The number of amides is 1. The molecule has 0 aliphatic heterocycles. The first-order valence-electron chi connectivity index (χ1n) is 8.84. The van der Waals surface area contributed by atoms with E-state index in [-0.39, 0.29) is 5.91 Å². The highest BCUT2D eigenvalue weighted by atomic mass is 16.5. The zero-order valence-electron chi connectivity index (χ0n) is 14.5. The fourth-order valence-electron chi connectivity index (χ4n) is 3.23. The van der Waals surface area contributed by atoms with E-state index in [0.29, 0.717) is 0 Å². The minimum absolute atomic E-state index is 0.117. The first-order chi connectivity index (χ1) is 11.7. The molecule has 1 atom stereocenters. The summed E-state index contributed by atoms with van der Waals surface area (Å²) in [5.41, 5.74) is 4.78. The van der Waals surface area contributed by atoms with Crippen LogP contribution in [0.1, 0.15) is 43.4 Å². The molecule has 1 N–H and O–H groups in total. The molecule has 0 spiro atoms. The zero-order chi connectivity index (χ0) is 16.9. The lowest BCUT2D eigenvalue weighted by Crippen LogP contribution is -2.30. The second-order valence-corrected chi connectivity index (χ2v) is 6.40. The Morgan fingerprint density at radius 3 is 2.67 bits per heavy atom. The lowest BCUT2D eigenvalue weighted by atomic mass is 9.92. The van der Waals surface area contributed by atoms with Gasteiger partial charge in [-0.2, -0.15) is 0 Å². The minimum Gasteiger partial charge on any atom is -0.481 e. The van der Waals surface area contributed by atoms with E-state index < -0.39 is 6.10 Å². The lowest BCUT2D eigenvalue weighted by Gasteiger charge is -2.19. The molecule has 2 aromatic rings.